The number of carboxylic acids is 1. The molecule has 0 aliphatic carbocycles. The maximum Gasteiger partial charge on any atom is 0.326 e. The van der Waals surface area contributed by atoms with Crippen LogP contribution in [0.5, 0.6) is 0 Å². The van der Waals surface area contributed by atoms with Gasteiger partial charge in [0.1, 0.15) is 6.04 Å². The second kappa shape index (κ2) is 8.31. The van der Waals surface area contributed by atoms with E-state index in [1.165, 1.54) is 6.33 Å². The van der Waals surface area contributed by atoms with Crippen LogP contribution in [0.15, 0.2) is 12.5 Å². The van der Waals surface area contributed by atoms with E-state index in [1.807, 2.05) is 13.8 Å². The average molecular weight is 282 g/mol. The zero-order valence-electron chi connectivity index (χ0n) is 11.8. The number of imidazole rings is 1. The first kappa shape index (κ1) is 16.2. The van der Waals surface area contributed by atoms with E-state index in [0.29, 0.717) is 24.6 Å². The second-order valence-corrected chi connectivity index (χ2v) is 4.95. The third kappa shape index (κ3) is 6.33. The lowest BCUT2D eigenvalue weighted by Crippen LogP contribution is -2.42. The lowest BCUT2D eigenvalue weighted by molar-refractivity contribution is -0.141. The Kier molecular flexibility index (Phi) is 6.72. The van der Waals surface area contributed by atoms with E-state index in [4.69, 9.17) is 5.11 Å². The molecule has 1 amide bonds. The van der Waals surface area contributed by atoms with E-state index in [9.17, 15) is 9.59 Å². The molecular weight excluding hydrogens is 260 g/mol. The number of H-pyrrole nitrogens is 1. The van der Waals surface area contributed by atoms with Gasteiger partial charge in [-0.05, 0) is 13.0 Å². The van der Waals surface area contributed by atoms with E-state index in [1.54, 1.807) is 6.20 Å². The predicted molar refractivity (Wildman–Crippen MR) is 74.2 cm³/mol. The normalized spacial score (nSPS) is 12.3. The molecule has 0 aliphatic heterocycles. The number of aliphatic carboxylic acids is 1. The molecular formula is C13H22N4O3. The molecule has 20 heavy (non-hydrogen) atoms. The molecule has 0 spiro atoms. The summed E-state index contributed by atoms with van der Waals surface area (Å²) in [6.45, 7) is 4.80. The van der Waals surface area contributed by atoms with E-state index in [0.717, 1.165) is 6.54 Å². The minimum absolute atomic E-state index is 0.200. The quantitative estimate of drug-likeness (QED) is 0.487. The lowest BCUT2D eigenvalue weighted by Gasteiger charge is -2.14. The molecule has 1 atom stereocenters. The summed E-state index contributed by atoms with van der Waals surface area (Å²) in [6, 6.07) is -0.550. The van der Waals surface area contributed by atoms with Crippen molar-refractivity contribution >= 4 is 11.9 Å². The number of rotatable bonds is 9. The molecule has 1 aromatic rings. The van der Waals surface area contributed by atoms with E-state index in [2.05, 4.69) is 20.6 Å². The van der Waals surface area contributed by atoms with Crippen molar-refractivity contribution in [2.75, 3.05) is 6.54 Å². The fraction of sp³-hybridized carbons (Fsp3) is 0.615. The number of aromatic amines is 1. The number of nitrogens with one attached hydrogen (secondary N) is 3. The second-order valence-electron chi connectivity index (χ2n) is 4.95. The number of carboxylic acid groups (broad SMARTS) is 1. The van der Waals surface area contributed by atoms with Crippen LogP contribution in [0.2, 0.25) is 0 Å². The van der Waals surface area contributed by atoms with Crippen LogP contribution in [0.4, 0.5) is 0 Å². The van der Waals surface area contributed by atoms with Crippen LogP contribution < -0.4 is 10.6 Å². The number of hydrogen-bond acceptors (Lipinski definition) is 4. The Morgan fingerprint density at radius 2 is 2.20 bits per heavy atom. The van der Waals surface area contributed by atoms with Crippen LogP contribution in [0.1, 0.15) is 32.4 Å². The van der Waals surface area contributed by atoms with E-state index < -0.39 is 12.0 Å². The Morgan fingerprint density at radius 3 is 2.75 bits per heavy atom. The van der Waals surface area contributed by atoms with Crippen molar-refractivity contribution in [1.82, 2.24) is 20.6 Å². The van der Waals surface area contributed by atoms with Gasteiger partial charge >= 0.3 is 5.97 Å². The number of carbonyl (C=O) groups excluding carboxylic acids is 1. The summed E-state index contributed by atoms with van der Waals surface area (Å²) in [7, 11) is 0. The minimum Gasteiger partial charge on any atom is -0.480 e. The van der Waals surface area contributed by atoms with Crippen molar-refractivity contribution < 1.29 is 14.7 Å². The van der Waals surface area contributed by atoms with Gasteiger partial charge in [0.25, 0.3) is 0 Å². The van der Waals surface area contributed by atoms with Crippen molar-refractivity contribution in [3.05, 3.63) is 18.2 Å². The minimum atomic E-state index is -1.05. The molecule has 0 bridgehead atoms. The van der Waals surface area contributed by atoms with Crippen LogP contribution in [0.3, 0.4) is 0 Å². The zero-order valence-corrected chi connectivity index (χ0v) is 11.8. The van der Waals surface area contributed by atoms with Gasteiger partial charge in [0.15, 0.2) is 0 Å². The summed E-state index contributed by atoms with van der Waals surface area (Å²) in [5.41, 5.74) is 0.680. The van der Waals surface area contributed by atoms with Crippen LogP contribution >= 0.6 is 0 Å². The molecule has 1 aromatic heterocycles. The summed E-state index contributed by atoms with van der Waals surface area (Å²) < 4.78 is 0. The fourth-order valence-electron chi connectivity index (χ4n) is 1.72. The Bertz CT molecular complexity index is 417. The topological polar surface area (TPSA) is 107 Å². The van der Waals surface area contributed by atoms with Gasteiger partial charge in [-0.3, -0.25) is 4.79 Å². The van der Waals surface area contributed by atoms with Gasteiger partial charge in [0.05, 0.1) is 6.33 Å². The maximum atomic E-state index is 11.7. The van der Waals surface area contributed by atoms with Gasteiger partial charge < -0.3 is 20.7 Å². The standard InChI is InChI=1S/C13H22N4O3/c1-9(2)15-5-3-4-12(18)17-11(13(19)20)6-10-7-14-8-16-10/h7-9,11,15H,3-6H2,1-2H3,(H,14,16)(H,17,18)(H,19,20)/t11-/m0/s1. The third-order valence-corrected chi connectivity index (χ3v) is 2.75. The number of aromatic nitrogens is 2. The third-order valence-electron chi connectivity index (χ3n) is 2.75. The molecule has 0 saturated heterocycles. The van der Waals surface area contributed by atoms with Crippen molar-refractivity contribution in [2.24, 2.45) is 0 Å². The van der Waals surface area contributed by atoms with Gasteiger partial charge in [0.2, 0.25) is 5.91 Å². The van der Waals surface area contributed by atoms with Crippen molar-refractivity contribution in [3.63, 3.8) is 0 Å². The summed E-state index contributed by atoms with van der Waals surface area (Å²) in [6.07, 6.45) is 4.22. The molecule has 0 saturated carbocycles. The first-order chi connectivity index (χ1) is 9.49. The first-order valence-electron chi connectivity index (χ1n) is 6.72. The summed E-state index contributed by atoms with van der Waals surface area (Å²) in [4.78, 5) is 29.5. The van der Waals surface area contributed by atoms with Gasteiger partial charge in [-0.25, -0.2) is 9.78 Å². The number of hydrogen-bond donors (Lipinski definition) is 4. The van der Waals surface area contributed by atoms with Gasteiger partial charge in [-0.2, -0.15) is 0 Å². The highest BCUT2D eigenvalue weighted by Gasteiger charge is 2.20. The van der Waals surface area contributed by atoms with Crippen molar-refractivity contribution in [3.8, 4) is 0 Å². The fourth-order valence-corrected chi connectivity index (χ4v) is 1.72. The zero-order chi connectivity index (χ0) is 15.0. The van der Waals surface area contributed by atoms with Gasteiger partial charge in [0, 0.05) is 30.8 Å². The molecule has 0 aromatic carbocycles. The molecule has 0 unspecified atom stereocenters. The predicted octanol–water partition coefficient (Wildman–Crippen LogP) is 0.300. The van der Waals surface area contributed by atoms with Crippen molar-refractivity contribution in [2.45, 2.75) is 45.2 Å². The highest BCUT2D eigenvalue weighted by atomic mass is 16.4. The Morgan fingerprint density at radius 1 is 1.45 bits per heavy atom. The summed E-state index contributed by atoms with van der Waals surface area (Å²) in [5, 5.41) is 14.8. The van der Waals surface area contributed by atoms with E-state index >= 15 is 0 Å². The Balaban J connectivity index is 2.34. The lowest BCUT2D eigenvalue weighted by atomic mass is 10.1. The molecule has 1 rings (SSSR count). The van der Waals surface area contributed by atoms with Crippen LogP contribution in [-0.2, 0) is 16.0 Å². The first-order valence-corrected chi connectivity index (χ1v) is 6.72. The molecule has 112 valence electrons. The summed E-state index contributed by atoms with van der Waals surface area (Å²) >= 11 is 0. The molecule has 1 heterocycles. The van der Waals surface area contributed by atoms with Crippen LogP contribution in [-0.4, -0.2) is 45.6 Å². The molecule has 4 N–H and O–H groups in total. The molecule has 7 nitrogen and oxygen atoms in total. The van der Waals surface area contributed by atoms with Gasteiger partial charge in [-0.1, -0.05) is 13.8 Å². The van der Waals surface area contributed by atoms with Crippen LogP contribution in [0, 0.1) is 0 Å². The maximum absolute atomic E-state index is 11.7. The molecule has 0 aliphatic rings. The highest BCUT2D eigenvalue weighted by molar-refractivity contribution is 5.83. The van der Waals surface area contributed by atoms with Gasteiger partial charge in [-0.15, -0.1) is 0 Å². The number of nitrogens with zero attached hydrogens (tertiary/aromatic N) is 1. The largest absolute Gasteiger partial charge is 0.480 e. The highest BCUT2D eigenvalue weighted by Crippen LogP contribution is 2.00. The molecule has 0 fully saturated rings. The smallest absolute Gasteiger partial charge is 0.326 e. The number of carbonyl (C=O) groups is 2. The Hall–Kier alpha value is -1.89. The van der Waals surface area contributed by atoms with Crippen LogP contribution in [0.25, 0.3) is 0 Å². The molecule has 0 radical (unpaired) electrons. The summed E-state index contributed by atoms with van der Waals surface area (Å²) in [5.74, 6) is -1.30. The van der Waals surface area contributed by atoms with E-state index in [-0.39, 0.29) is 12.3 Å². The van der Waals surface area contributed by atoms with Crippen molar-refractivity contribution in [1.29, 1.82) is 0 Å². The Labute approximate surface area is 118 Å². The molecule has 7 heteroatoms. The SMILES string of the molecule is CC(C)NCCCC(=O)N[C@@H](Cc1cnc[nH]1)C(=O)O. The average Bonchev–Trinajstić information content (AvgIpc) is 2.86. The number of amides is 1. The monoisotopic (exact) mass is 282 g/mol.